The highest BCUT2D eigenvalue weighted by Gasteiger charge is 2.27. The molecule has 0 aliphatic heterocycles. The smallest absolute Gasteiger partial charge is 0.0991 e. The predicted octanol–water partition coefficient (Wildman–Crippen LogP) is 19.8. The number of hydrogen-bond acceptors (Lipinski definition) is 2. The molecule has 0 unspecified atom stereocenters. The molecule has 0 saturated heterocycles. The van der Waals surface area contributed by atoms with E-state index in [0.717, 1.165) is 94.6 Å². The summed E-state index contributed by atoms with van der Waals surface area (Å²) in [6.45, 7) is -8.98. The Morgan fingerprint density at radius 1 is 0.333 bits per heavy atom. The first-order valence-corrected chi connectivity index (χ1v) is 24.9. The molecular weight excluding hydrogens is 887 g/mol. The van der Waals surface area contributed by atoms with Crippen molar-refractivity contribution in [2.24, 2.45) is 0 Å². The maximum absolute atomic E-state index is 10.2. The Bertz CT molecular complexity index is 4680. The Morgan fingerprint density at radius 2 is 0.722 bits per heavy atom. The van der Waals surface area contributed by atoms with Crippen molar-refractivity contribution in [3.8, 4) is 128 Å². The van der Waals surface area contributed by atoms with Crippen LogP contribution in [0.25, 0.3) is 143 Å². The van der Waals surface area contributed by atoms with Gasteiger partial charge < -0.3 is 0 Å². The number of rotatable bonds is 3. The lowest BCUT2D eigenvalue weighted by Crippen LogP contribution is -2.00. The van der Waals surface area contributed by atoms with Crippen LogP contribution in [0.1, 0.15) is 34.6 Å². The van der Waals surface area contributed by atoms with Crippen molar-refractivity contribution in [2.75, 3.05) is 0 Å². The van der Waals surface area contributed by atoms with Crippen LogP contribution >= 0.6 is 11.3 Å². The third-order valence-corrected chi connectivity index (χ3v) is 16.1. The van der Waals surface area contributed by atoms with E-state index in [1.54, 1.807) is 29.5 Å². The van der Waals surface area contributed by atoms with Gasteiger partial charge in [0.05, 0.1) is 11.6 Å². The highest BCUT2D eigenvalue weighted by atomic mass is 32.1. The van der Waals surface area contributed by atoms with E-state index in [2.05, 4.69) is 97.1 Å². The van der Waals surface area contributed by atoms with E-state index in [0.29, 0.717) is 16.7 Å². The van der Waals surface area contributed by atoms with E-state index in [9.17, 15) is 9.37 Å². The second-order valence-corrected chi connectivity index (χ2v) is 19.8. The summed E-state index contributed by atoms with van der Waals surface area (Å²) in [5.41, 5.74) is 16.0. The van der Waals surface area contributed by atoms with Crippen molar-refractivity contribution >= 4 is 31.5 Å². The zero-order chi connectivity index (χ0) is 55.7. The molecule has 72 heavy (non-hydrogen) atoms. The van der Waals surface area contributed by atoms with Crippen LogP contribution in [0.15, 0.2) is 218 Å². The fourth-order valence-corrected chi connectivity index (χ4v) is 12.9. The summed E-state index contributed by atoms with van der Waals surface area (Å²) < 4.78 is 85.5. The lowest BCUT2D eigenvalue weighted by Gasteiger charge is -2.26. The molecule has 0 amide bonds. The summed E-state index contributed by atoms with van der Waals surface area (Å²) in [4.78, 5) is 0. The fraction of sp³-hybridized carbons (Fsp3) is 0.0429. The molecule has 1 nitrogen and oxygen atoms in total. The van der Waals surface area contributed by atoms with Gasteiger partial charge in [0.1, 0.15) is 0 Å². The first-order valence-electron chi connectivity index (χ1n) is 28.5. The van der Waals surface area contributed by atoms with Crippen LogP contribution in [0.4, 0.5) is 0 Å². The average molecular weight is 941 g/mol. The van der Waals surface area contributed by atoms with E-state index in [-0.39, 0.29) is 33.4 Å². The monoisotopic (exact) mass is 940 g/mol. The molecule has 2 aliphatic rings. The quantitative estimate of drug-likeness (QED) is 0.173. The van der Waals surface area contributed by atoms with Crippen LogP contribution in [-0.2, 0) is 0 Å². The maximum Gasteiger partial charge on any atom is 0.0991 e. The van der Waals surface area contributed by atoms with Crippen LogP contribution in [0, 0.1) is 31.9 Å². The Labute approximate surface area is 436 Å². The van der Waals surface area contributed by atoms with Gasteiger partial charge in [-0.1, -0.05) is 182 Å². The third kappa shape index (κ3) is 6.38. The van der Waals surface area contributed by atoms with Crippen molar-refractivity contribution < 1.29 is 12.3 Å². The third-order valence-electron chi connectivity index (χ3n) is 14.9. The van der Waals surface area contributed by atoms with E-state index in [4.69, 9.17) is 8.22 Å². The molecule has 12 aromatic rings. The molecule has 0 N–H and O–H groups in total. The van der Waals surface area contributed by atoms with E-state index in [1.165, 1.54) is 26.2 Å². The predicted molar refractivity (Wildman–Crippen MR) is 305 cm³/mol. The number of benzene rings is 11. The van der Waals surface area contributed by atoms with Crippen LogP contribution in [0.2, 0.25) is 0 Å². The molecule has 11 aromatic carbocycles. The first kappa shape index (κ1) is 33.6. The molecule has 0 bridgehead atoms. The van der Waals surface area contributed by atoms with Gasteiger partial charge in [0, 0.05) is 32.5 Å². The summed E-state index contributed by atoms with van der Waals surface area (Å²) in [5.74, 6) is 0. The normalized spacial score (nSPS) is 14.2. The minimum atomic E-state index is -3.05. The van der Waals surface area contributed by atoms with Gasteiger partial charge >= 0.3 is 0 Å². The van der Waals surface area contributed by atoms with Crippen molar-refractivity contribution in [3.63, 3.8) is 0 Å². The average Bonchev–Trinajstić information content (AvgIpc) is 4.00. The molecule has 14 rings (SSSR count). The lowest BCUT2D eigenvalue weighted by atomic mass is 9.78. The second kappa shape index (κ2) is 16.4. The summed E-state index contributed by atoms with van der Waals surface area (Å²) in [6, 6.07) is 74.1. The summed E-state index contributed by atoms with van der Waals surface area (Å²) >= 11 is 1.78. The molecule has 0 atom stereocenters. The standard InChI is InChI=1S/C70H45NS/c1-41-35-42(2)69(47-29-33-57-53-19-5-4-15-49(53)50-16-6-9-20-54(50)63-36-44(40-71)27-31-60(63)66(57)39-47)43(3)68(41)46-30-34-59-58-32-28-45(48-24-14-25-62-61-23-12-13-26-67(61)72-70(48)62)37-64(58)55-21-10-7-17-51(55)52-18-8-11-22-56(52)65(59)38-46/h4-39H,1-3H3/i1D3,2D3,3D3. The second-order valence-electron chi connectivity index (χ2n) is 18.7. The molecule has 2 aliphatic carbocycles. The molecule has 1 aromatic heterocycles. The number of nitrogens with zero attached hydrogens (tertiary/aromatic N) is 1. The molecule has 0 radical (unpaired) electrons. The van der Waals surface area contributed by atoms with E-state index >= 15 is 0 Å². The fourth-order valence-electron chi connectivity index (χ4n) is 11.6. The van der Waals surface area contributed by atoms with Crippen LogP contribution in [0.5, 0.6) is 0 Å². The van der Waals surface area contributed by atoms with Gasteiger partial charge in [0.25, 0.3) is 0 Å². The Hall–Kier alpha value is -8.87. The van der Waals surface area contributed by atoms with Crippen molar-refractivity contribution in [2.45, 2.75) is 20.6 Å². The number of aryl methyl sites for hydroxylation is 2. The molecule has 0 saturated carbocycles. The largest absolute Gasteiger partial charge is 0.192 e. The minimum absolute atomic E-state index is 0.0715. The Balaban J connectivity index is 1.04. The van der Waals surface area contributed by atoms with Crippen LogP contribution in [0.3, 0.4) is 0 Å². The number of thiophene rings is 1. The number of fused-ring (bicyclic) bond motifs is 19. The van der Waals surface area contributed by atoms with Gasteiger partial charge in [0.2, 0.25) is 0 Å². The summed E-state index contributed by atoms with van der Waals surface area (Å²) in [5, 5.41) is 12.6. The van der Waals surface area contributed by atoms with E-state index < -0.39 is 20.6 Å². The van der Waals surface area contributed by atoms with Crippen LogP contribution < -0.4 is 0 Å². The van der Waals surface area contributed by atoms with Gasteiger partial charge in [-0.15, -0.1) is 11.3 Å². The summed E-state index contributed by atoms with van der Waals surface area (Å²) in [7, 11) is 0. The van der Waals surface area contributed by atoms with Gasteiger partial charge in [0.15, 0.2) is 0 Å². The molecule has 0 fully saturated rings. The minimum Gasteiger partial charge on any atom is -0.192 e. The molecule has 1 heterocycles. The molecule has 2 heteroatoms. The zero-order valence-corrected chi connectivity index (χ0v) is 39.5. The van der Waals surface area contributed by atoms with Gasteiger partial charge in [-0.3, -0.25) is 0 Å². The SMILES string of the molecule is [2H]C([2H])([2H])c1cc(C([2H])([2H])[2H])c(-c2ccc3c(c2)-c2ccc(C#N)cc2-c2ccccc2-c2ccccc2-3)c(C([2H])([2H])[2H])c1-c1ccc2c(c1)-c1ccccc1-c1ccccc1-c1cc(-c3cccc4c3sc3ccccc34)ccc1-2. The molecule has 336 valence electrons. The van der Waals surface area contributed by atoms with Crippen molar-refractivity contribution in [1.82, 2.24) is 0 Å². The maximum atomic E-state index is 10.2. The highest BCUT2D eigenvalue weighted by Crippen LogP contribution is 2.53. The topological polar surface area (TPSA) is 23.8 Å². The number of nitriles is 1. The van der Waals surface area contributed by atoms with Crippen molar-refractivity contribution in [1.29, 1.82) is 5.26 Å². The lowest BCUT2D eigenvalue weighted by molar-refractivity contribution is 1.32. The van der Waals surface area contributed by atoms with E-state index in [1.807, 2.05) is 103 Å². The Kier molecular flexibility index (Phi) is 7.64. The first-order chi connectivity index (χ1) is 39.0. The summed E-state index contributed by atoms with van der Waals surface area (Å²) in [6.07, 6.45) is 0. The van der Waals surface area contributed by atoms with Gasteiger partial charge in [-0.2, -0.15) is 5.26 Å². The molecular formula is C70H45NS. The Morgan fingerprint density at radius 3 is 1.22 bits per heavy atom. The zero-order valence-electron chi connectivity index (χ0n) is 47.6. The molecule has 0 spiro atoms. The number of hydrogen-bond donors (Lipinski definition) is 0. The highest BCUT2D eigenvalue weighted by molar-refractivity contribution is 7.26. The van der Waals surface area contributed by atoms with Crippen molar-refractivity contribution in [3.05, 3.63) is 241 Å². The van der Waals surface area contributed by atoms with Crippen LogP contribution in [-0.4, -0.2) is 0 Å². The van der Waals surface area contributed by atoms with Gasteiger partial charge in [-0.25, -0.2) is 0 Å². The van der Waals surface area contributed by atoms with Gasteiger partial charge in [-0.05, 0) is 196 Å².